The molecule has 0 aliphatic carbocycles. The molecule has 196 valence electrons. The van der Waals surface area contributed by atoms with Crippen molar-refractivity contribution in [3.63, 3.8) is 0 Å². The lowest BCUT2D eigenvalue weighted by atomic mass is 9.76. The van der Waals surface area contributed by atoms with Crippen molar-refractivity contribution in [3.05, 3.63) is 107 Å². The van der Waals surface area contributed by atoms with E-state index in [1.54, 1.807) is 14.2 Å². The maximum atomic E-state index is 15.1. The molecular formula is C32H27NO6. The summed E-state index contributed by atoms with van der Waals surface area (Å²) in [4.78, 5) is 16.9. The van der Waals surface area contributed by atoms with Crippen LogP contribution < -0.4 is 28.6 Å². The van der Waals surface area contributed by atoms with Gasteiger partial charge in [0, 0.05) is 29.3 Å². The molecule has 7 nitrogen and oxygen atoms in total. The number of hydrogen-bond donors (Lipinski definition) is 0. The smallest absolute Gasteiger partial charge is 0.246 e. The fourth-order valence-electron chi connectivity index (χ4n) is 6.08. The summed E-state index contributed by atoms with van der Waals surface area (Å²) in [6.45, 7) is 1.05. The van der Waals surface area contributed by atoms with Crippen molar-refractivity contribution in [2.75, 3.05) is 38.9 Å². The first-order valence-corrected chi connectivity index (χ1v) is 12.9. The minimum atomic E-state index is -1.14. The van der Waals surface area contributed by atoms with Crippen LogP contribution in [0.5, 0.6) is 28.7 Å². The maximum absolute atomic E-state index is 15.1. The van der Waals surface area contributed by atoms with Crippen LogP contribution in [0.2, 0.25) is 0 Å². The Labute approximate surface area is 226 Å². The highest BCUT2D eigenvalue weighted by molar-refractivity contribution is 6.13. The van der Waals surface area contributed by atoms with Gasteiger partial charge in [0.1, 0.15) is 42.5 Å². The first-order valence-electron chi connectivity index (χ1n) is 12.9. The summed E-state index contributed by atoms with van der Waals surface area (Å²) in [7, 11) is 3.23. The molecule has 3 aliphatic heterocycles. The van der Waals surface area contributed by atoms with Gasteiger partial charge in [-0.1, -0.05) is 60.7 Å². The van der Waals surface area contributed by atoms with Crippen molar-refractivity contribution in [3.8, 4) is 28.7 Å². The van der Waals surface area contributed by atoms with Crippen molar-refractivity contribution >= 4 is 11.6 Å². The van der Waals surface area contributed by atoms with Crippen LogP contribution in [0, 0.1) is 0 Å². The van der Waals surface area contributed by atoms with Gasteiger partial charge in [0.15, 0.2) is 11.5 Å². The second kappa shape index (κ2) is 8.98. The van der Waals surface area contributed by atoms with E-state index in [0.717, 1.165) is 27.9 Å². The predicted molar refractivity (Wildman–Crippen MR) is 145 cm³/mol. The number of anilines is 1. The van der Waals surface area contributed by atoms with Gasteiger partial charge in [-0.2, -0.15) is 0 Å². The number of ether oxygens (including phenoxy) is 5. The number of nitrogens with zero attached hydrogens (tertiary/aromatic N) is 1. The van der Waals surface area contributed by atoms with E-state index in [0.29, 0.717) is 42.0 Å². The molecule has 7 heteroatoms. The molecule has 4 aromatic rings. The Morgan fingerprint density at radius 3 is 2.03 bits per heavy atom. The third kappa shape index (κ3) is 3.39. The zero-order chi connectivity index (χ0) is 26.6. The summed E-state index contributed by atoms with van der Waals surface area (Å²) >= 11 is 0. The molecule has 3 aliphatic rings. The number of carbonyl (C=O) groups is 1. The van der Waals surface area contributed by atoms with Crippen LogP contribution in [-0.2, 0) is 10.2 Å². The predicted octanol–water partition coefficient (Wildman–Crippen LogP) is 5.29. The molecule has 1 amide bonds. The quantitative estimate of drug-likeness (QED) is 0.356. The molecule has 4 aromatic carbocycles. The van der Waals surface area contributed by atoms with Crippen LogP contribution >= 0.6 is 0 Å². The molecule has 0 saturated carbocycles. The zero-order valence-corrected chi connectivity index (χ0v) is 21.7. The zero-order valence-electron chi connectivity index (χ0n) is 21.7. The molecular weight excluding hydrogens is 494 g/mol. The molecule has 0 N–H and O–H groups in total. The second-order valence-electron chi connectivity index (χ2n) is 9.81. The Hall–Kier alpha value is -4.65. The van der Waals surface area contributed by atoms with E-state index in [1.165, 1.54) is 0 Å². The summed E-state index contributed by atoms with van der Waals surface area (Å²) in [6.07, 6.45) is 0. The molecule has 1 unspecified atom stereocenters. The van der Waals surface area contributed by atoms with Crippen molar-refractivity contribution in [1.29, 1.82) is 0 Å². The Kier molecular flexibility index (Phi) is 5.40. The molecule has 1 spiro atoms. The third-order valence-electron chi connectivity index (χ3n) is 7.82. The fraction of sp³-hybridized carbons (Fsp3) is 0.219. The standard InChI is InChI=1S/C32H27NO6/c1-35-22-15-24-29(28(16-22)36-2)32(19-39-25-18-27-26(17-23(25)32)37-13-14-38-27)31(34)33(24)30(20-9-5-3-6-10-20)21-11-7-4-8-12-21/h3-12,15-18,30H,13-14,19H2,1-2H3. The van der Waals surface area contributed by atoms with Gasteiger partial charge in [-0.05, 0) is 17.2 Å². The van der Waals surface area contributed by atoms with Crippen LogP contribution in [-0.4, -0.2) is 39.9 Å². The topological polar surface area (TPSA) is 66.5 Å². The number of carbonyl (C=O) groups excluding carboxylic acids is 1. The highest BCUT2D eigenvalue weighted by Gasteiger charge is 2.60. The first kappa shape index (κ1) is 23.5. The average Bonchev–Trinajstić information content (AvgIpc) is 3.48. The summed E-state index contributed by atoms with van der Waals surface area (Å²) in [5, 5.41) is 0. The maximum Gasteiger partial charge on any atom is 0.246 e. The lowest BCUT2D eigenvalue weighted by molar-refractivity contribution is -0.122. The SMILES string of the molecule is COc1cc(OC)c2c(c1)N(C(c1ccccc1)c1ccccc1)C(=O)C21COc2cc3c(cc21)OCCO3. The molecule has 0 bridgehead atoms. The van der Waals surface area contributed by atoms with Crippen LogP contribution in [0.25, 0.3) is 0 Å². The highest BCUT2D eigenvalue weighted by atomic mass is 16.6. The number of methoxy groups -OCH3 is 2. The molecule has 3 heterocycles. The van der Waals surface area contributed by atoms with Crippen LogP contribution in [0.15, 0.2) is 84.9 Å². The highest BCUT2D eigenvalue weighted by Crippen LogP contribution is 2.60. The minimum absolute atomic E-state index is 0.0998. The summed E-state index contributed by atoms with van der Waals surface area (Å²) in [6, 6.07) is 27.2. The Bertz CT molecular complexity index is 1530. The number of rotatable bonds is 5. The van der Waals surface area contributed by atoms with E-state index < -0.39 is 11.5 Å². The van der Waals surface area contributed by atoms with Gasteiger partial charge in [0.2, 0.25) is 5.91 Å². The van der Waals surface area contributed by atoms with Gasteiger partial charge in [-0.25, -0.2) is 0 Å². The fourth-order valence-corrected chi connectivity index (χ4v) is 6.08. The average molecular weight is 522 g/mol. The summed E-state index contributed by atoms with van der Waals surface area (Å²) < 4.78 is 29.6. The molecule has 0 saturated heterocycles. The molecule has 0 radical (unpaired) electrons. The van der Waals surface area contributed by atoms with Gasteiger partial charge in [0.25, 0.3) is 0 Å². The number of amides is 1. The van der Waals surface area contributed by atoms with E-state index in [2.05, 4.69) is 0 Å². The molecule has 0 fully saturated rings. The number of benzene rings is 4. The molecule has 1 atom stereocenters. The lowest BCUT2D eigenvalue weighted by Gasteiger charge is -2.31. The summed E-state index contributed by atoms with van der Waals surface area (Å²) in [5.41, 5.74) is 3.05. The van der Waals surface area contributed by atoms with Gasteiger partial charge in [0.05, 0.1) is 25.9 Å². The molecule has 7 rings (SSSR count). The normalized spacial score (nSPS) is 18.6. The number of hydrogen-bond acceptors (Lipinski definition) is 6. The second-order valence-corrected chi connectivity index (χ2v) is 9.81. The van der Waals surface area contributed by atoms with Gasteiger partial charge in [-0.15, -0.1) is 0 Å². The molecule has 39 heavy (non-hydrogen) atoms. The minimum Gasteiger partial charge on any atom is -0.497 e. The Balaban J connectivity index is 1.51. The van der Waals surface area contributed by atoms with Crippen LogP contribution in [0.3, 0.4) is 0 Å². The van der Waals surface area contributed by atoms with Gasteiger partial charge < -0.3 is 23.7 Å². The van der Waals surface area contributed by atoms with Gasteiger partial charge in [-0.3, -0.25) is 9.69 Å². The van der Waals surface area contributed by atoms with E-state index in [1.807, 2.05) is 89.8 Å². The van der Waals surface area contributed by atoms with E-state index in [4.69, 9.17) is 23.7 Å². The summed E-state index contributed by atoms with van der Waals surface area (Å²) in [5.74, 6) is 2.89. The largest absolute Gasteiger partial charge is 0.497 e. The van der Waals surface area contributed by atoms with E-state index in [-0.39, 0.29) is 12.5 Å². The number of fused-ring (bicyclic) bond motifs is 5. The van der Waals surface area contributed by atoms with Crippen LogP contribution in [0.4, 0.5) is 5.69 Å². The Morgan fingerprint density at radius 1 is 0.769 bits per heavy atom. The first-order chi connectivity index (χ1) is 19.2. The van der Waals surface area contributed by atoms with Crippen molar-refractivity contribution in [2.45, 2.75) is 11.5 Å². The third-order valence-corrected chi connectivity index (χ3v) is 7.82. The van der Waals surface area contributed by atoms with Crippen molar-refractivity contribution in [1.82, 2.24) is 0 Å². The van der Waals surface area contributed by atoms with Crippen molar-refractivity contribution in [2.24, 2.45) is 0 Å². The van der Waals surface area contributed by atoms with E-state index >= 15 is 4.79 Å². The van der Waals surface area contributed by atoms with Crippen molar-refractivity contribution < 1.29 is 28.5 Å². The molecule has 0 aromatic heterocycles. The lowest BCUT2D eigenvalue weighted by Crippen LogP contribution is -2.44. The van der Waals surface area contributed by atoms with Crippen LogP contribution in [0.1, 0.15) is 28.3 Å². The monoisotopic (exact) mass is 521 g/mol. The Morgan fingerprint density at radius 2 is 1.41 bits per heavy atom. The van der Waals surface area contributed by atoms with E-state index in [9.17, 15) is 0 Å². The van der Waals surface area contributed by atoms with Gasteiger partial charge >= 0.3 is 0 Å².